The lowest BCUT2D eigenvalue weighted by Gasteiger charge is -2.31. The summed E-state index contributed by atoms with van der Waals surface area (Å²) in [4.78, 5) is 15.7. The highest BCUT2D eigenvalue weighted by molar-refractivity contribution is 5.86. The van der Waals surface area contributed by atoms with Crippen molar-refractivity contribution in [3.05, 3.63) is 30.1 Å². The van der Waals surface area contributed by atoms with Crippen LogP contribution >= 0.6 is 0 Å². The first-order chi connectivity index (χ1) is 8.72. The van der Waals surface area contributed by atoms with Crippen LogP contribution in [0.2, 0.25) is 0 Å². The third-order valence-electron chi connectivity index (χ3n) is 2.96. The molecule has 104 valence electrons. The molecule has 5 N–H and O–H groups in total. The normalized spacial score (nSPS) is 22.9. The second-order valence-corrected chi connectivity index (χ2v) is 4.52. The van der Waals surface area contributed by atoms with E-state index < -0.39 is 30.3 Å². The van der Waals surface area contributed by atoms with Crippen molar-refractivity contribution in [3.8, 4) is 0 Å². The first-order valence-corrected chi connectivity index (χ1v) is 5.56. The highest BCUT2D eigenvalue weighted by Gasteiger charge is 2.56. The number of hydrogen-bond acceptors (Lipinski definition) is 7. The molecule has 0 saturated carbocycles. The smallest absolute Gasteiger partial charge is 0.358 e. The summed E-state index contributed by atoms with van der Waals surface area (Å²) in [5.41, 5.74) is 0.646. The van der Waals surface area contributed by atoms with E-state index in [1.807, 2.05) is 0 Å². The van der Waals surface area contributed by atoms with Gasteiger partial charge in [-0.05, 0) is 18.1 Å². The Labute approximate surface area is 108 Å². The van der Waals surface area contributed by atoms with Crippen LogP contribution < -0.4 is 0 Å². The van der Waals surface area contributed by atoms with E-state index in [0.29, 0.717) is 5.56 Å². The topological polar surface area (TPSA) is 134 Å². The van der Waals surface area contributed by atoms with Gasteiger partial charge in [-0.25, -0.2) is 0 Å². The number of aromatic nitrogens is 1. The van der Waals surface area contributed by atoms with Gasteiger partial charge in [-0.3, -0.25) is 14.7 Å². The summed E-state index contributed by atoms with van der Waals surface area (Å²) in [5.74, 6) is -4.10. The van der Waals surface area contributed by atoms with Crippen LogP contribution in [0.3, 0.4) is 0 Å². The molecule has 0 radical (unpaired) electrons. The fourth-order valence-electron chi connectivity index (χ4n) is 2.20. The van der Waals surface area contributed by atoms with Gasteiger partial charge in [0.25, 0.3) is 5.91 Å². The number of rotatable bonds is 3. The van der Waals surface area contributed by atoms with Crippen molar-refractivity contribution >= 4 is 5.91 Å². The molecular formula is C11H14N2O6. The van der Waals surface area contributed by atoms with Gasteiger partial charge < -0.3 is 25.5 Å². The zero-order chi connectivity index (χ0) is 14.3. The molecule has 0 aromatic carbocycles. The van der Waals surface area contributed by atoms with E-state index in [-0.39, 0.29) is 11.3 Å². The molecule has 1 fully saturated rings. The Morgan fingerprint density at radius 2 is 2.11 bits per heavy atom. The van der Waals surface area contributed by atoms with Gasteiger partial charge in [0, 0.05) is 24.9 Å². The predicted octanol–water partition coefficient (Wildman–Crippen LogP) is -2.51. The molecular weight excluding hydrogens is 256 g/mol. The van der Waals surface area contributed by atoms with E-state index in [1.54, 1.807) is 12.1 Å². The van der Waals surface area contributed by atoms with Crippen molar-refractivity contribution in [2.45, 2.75) is 30.8 Å². The summed E-state index contributed by atoms with van der Waals surface area (Å²) in [5, 5.41) is 46.4. The van der Waals surface area contributed by atoms with Crippen LogP contribution in [0.15, 0.2) is 24.5 Å². The van der Waals surface area contributed by atoms with Crippen molar-refractivity contribution in [3.63, 3.8) is 0 Å². The number of pyridine rings is 1. The van der Waals surface area contributed by atoms with E-state index >= 15 is 0 Å². The number of amides is 1. The Morgan fingerprint density at radius 1 is 1.42 bits per heavy atom. The summed E-state index contributed by atoms with van der Waals surface area (Å²) < 4.78 is 0. The number of carbonyl (C=O) groups excluding carboxylic acids is 1. The third-order valence-corrected chi connectivity index (χ3v) is 2.96. The molecule has 1 saturated heterocycles. The molecule has 8 nitrogen and oxygen atoms in total. The summed E-state index contributed by atoms with van der Waals surface area (Å²) in [6.07, 6.45) is -0.781. The minimum Gasteiger partial charge on any atom is -0.358 e. The monoisotopic (exact) mass is 270 g/mol. The number of hydrogen-bond donors (Lipinski definition) is 5. The highest BCUT2D eigenvalue weighted by Crippen LogP contribution is 2.32. The largest absolute Gasteiger partial charge is 0.372 e. The predicted molar refractivity (Wildman–Crippen MR) is 59.7 cm³/mol. The summed E-state index contributed by atoms with van der Waals surface area (Å²) in [6, 6.07) is 2.34. The zero-order valence-corrected chi connectivity index (χ0v) is 9.84. The molecule has 1 atom stereocenters. The quantitative estimate of drug-likeness (QED) is 0.383. The van der Waals surface area contributed by atoms with Crippen LogP contribution in [0.4, 0.5) is 0 Å². The highest BCUT2D eigenvalue weighted by atomic mass is 16.7. The molecule has 0 aliphatic carbocycles. The van der Waals surface area contributed by atoms with E-state index in [4.69, 9.17) is 15.3 Å². The van der Waals surface area contributed by atoms with Crippen LogP contribution in [0, 0.1) is 0 Å². The Balaban J connectivity index is 2.26. The number of aliphatic hydroxyl groups is 5. The van der Waals surface area contributed by atoms with E-state index in [0.717, 1.165) is 0 Å². The van der Waals surface area contributed by atoms with Gasteiger partial charge in [-0.15, -0.1) is 0 Å². The molecule has 0 bridgehead atoms. The summed E-state index contributed by atoms with van der Waals surface area (Å²) in [6.45, 7) is 0. The van der Waals surface area contributed by atoms with Gasteiger partial charge in [0.1, 0.15) is 0 Å². The maximum atomic E-state index is 11.6. The fraction of sp³-hybridized carbons (Fsp3) is 0.455. The molecule has 2 heterocycles. The lowest BCUT2D eigenvalue weighted by molar-refractivity contribution is -0.386. The van der Waals surface area contributed by atoms with Crippen molar-refractivity contribution in [2.24, 2.45) is 0 Å². The Hall–Kier alpha value is -1.58. The molecule has 1 unspecified atom stereocenters. The van der Waals surface area contributed by atoms with Crippen molar-refractivity contribution in [1.82, 2.24) is 9.88 Å². The van der Waals surface area contributed by atoms with Crippen LogP contribution in [0.5, 0.6) is 0 Å². The van der Waals surface area contributed by atoms with E-state index in [1.165, 1.54) is 12.4 Å². The molecule has 2 rings (SSSR count). The fourth-order valence-corrected chi connectivity index (χ4v) is 2.20. The van der Waals surface area contributed by atoms with Crippen molar-refractivity contribution < 1.29 is 30.3 Å². The molecule has 8 heteroatoms. The SMILES string of the molecule is O=C1N(C(O)(O)O)C(Cc2cccnc2)CC1(O)O. The molecule has 1 aromatic heterocycles. The molecule has 0 spiro atoms. The molecule has 1 aliphatic rings. The van der Waals surface area contributed by atoms with Gasteiger partial charge in [-0.1, -0.05) is 6.07 Å². The van der Waals surface area contributed by atoms with Crippen LogP contribution in [0.25, 0.3) is 0 Å². The minimum absolute atomic E-state index is 0.0892. The molecule has 19 heavy (non-hydrogen) atoms. The number of likely N-dealkylation sites (tertiary alicyclic amines) is 1. The van der Waals surface area contributed by atoms with Gasteiger partial charge in [0.15, 0.2) is 0 Å². The standard InChI is InChI=1S/C11H14N2O6/c14-9-10(15,16)5-8(13(9)11(17,18)19)4-7-2-1-3-12-6-7/h1-3,6,8,15-19H,4-5H2. The molecule has 1 amide bonds. The number of carbonyl (C=O) groups is 1. The average molecular weight is 270 g/mol. The van der Waals surface area contributed by atoms with Crippen molar-refractivity contribution in [2.75, 3.05) is 0 Å². The van der Waals surface area contributed by atoms with E-state index in [2.05, 4.69) is 4.98 Å². The van der Waals surface area contributed by atoms with Gasteiger partial charge in [-0.2, -0.15) is 0 Å². The lowest BCUT2D eigenvalue weighted by Crippen LogP contribution is -2.55. The van der Waals surface area contributed by atoms with Gasteiger partial charge >= 0.3 is 6.10 Å². The minimum atomic E-state index is -3.45. The maximum absolute atomic E-state index is 11.6. The van der Waals surface area contributed by atoms with Gasteiger partial charge in [0.05, 0.1) is 0 Å². The van der Waals surface area contributed by atoms with Crippen LogP contribution in [-0.2, 0) is 11.2 Å². The van der Waals surface area contributed by atoms with Crippen molar-refractivity contribution in [1.29, 1.82) is 0 Å². The second-order valence-electron chi connectivity index (χ2n) is 4.52. The Kier molecular flexibility index (Phi) is 3.29. The summed E-state index contributed by atoms with van der Waals surface area (Å²) in [7, 11) is 0. The lowest BCUT2D eigenvalue weighted by atomic mass is 10.0. The molecule has 1 aromatic rings. The van der Waals surface area contributed by atoms with Gasteiger partial charge in [0.2, 0.25) is 5.79 Å². The summed E-state index contributed by atoms with van der Waals surface area (Å²) >= 11 is 0. The zero-order valence-electron chi connectivity index (χ0n) is 9.84. The average Bonchev–Trinajstić information content (AvgIpc) is 2.49. The van der Waals surface area contributed by atoms with Crippen LogP contribution in [-0.4, -0.2) is 59.2 Å². The second kappa shape index (κ2) is 4.51. The third kappa shape index (κ3) is 2.72. The first kappa shape index (κ1) is 13.8. The molecule has 1 aliphatic heterocycles. The van der Waals surface area contributed by atoms with Crippen LogP contribution in [0.1, 0.15) is 12.0 Å². The first-order valence-electron chi connectivity index (χ1n) is 5.56. The number of nitrogens with zero attached hydrogens (tertiary/aromatic N) is 2. The maximum Gasteiger partial charge on any atom is 0.372 e. The Morgan fingerprint density at radius 3 is 2.63 bits per heavy atom. The van der Waals surface area contributed by atoms with E-state index in [9.17, 15) is 15.0 Å². The Bertz CT molecular complexity index is 470.